The average molecular weight is 510 g/mol. The average Bonchev–Trinajstić information content (AvgIpc) is 3.20. The number of methoxy groups -OCH3 is 2. The second-order valence-corrected chi connectivity index (χ2v) is 7.82. The second-order valence-electron chi connectivity index (χ2n) is 6.97. The molecule has 0 saturated carbocycles. The number of halogens is 1. The van der Waals surface area contributed by atoms with Crippen LogP contribution in [0.25, 0.3) is 11.0 Å². The molecule has 0 fully saturated rings. The summed E-state index contributed by atoms with van der Waals surface area (Å²) in [4.78, 5) is 26.0. The first-order chi connectivity index (χ1) is 16.0. The lowest BCUT2D eigenvalue weighted by molar-refractivity contribution is -0.118. The van der Waals surface area contributed by atoms with Gasteiger partial charge in [0, 0.05) is 10.9 Å². The number of rotatable bonds is 8. The van der Waals surface area contributed by atoms with Crippen molar-refractivity contribution in [3.63, 3.8) is 0 Å². The summed E-state index contributed by atoms with van der Waals surface area (Å²) in [5.41, 5.74) is 1.15. The Morgan fingerprint density at radius 1 is 0.909 bits per heavy atom. The van der Waals surface area contributed by atoms with E-state index in [0.29, 0.717) is 38.3 Å². The molecule has 1 heterocycles. The number of nitrogens with one attached hydrogen (secondary N) is 1. The first-order valence-corrected chi connectivity index (χ1v) is 10.8. The number of furan rings is 1. The number of para-hydroxylation sites is 3. The highest BCUT2D eigenvalue weighted by atomic mass is 79.9. The molecular formula is C25H20BrNO6. The molecule has 3 aromatic carbocycles. The minimum absolute atomic E-state index is 0.0268. The SMILES string of the molecule is COc1ccc(C(=O)c2oc3ccccc3c2NC(=O)COc2ccccc2OC)cc1Br. The number of ether oxygens (including phenoxy) is 3. The number of benzene rings is 3. The number of hydrogen-bond acceptors (Lipinski definition) is 6. The van der Waals surface area contributed by atoms with Crippen molar-refractivity contribution in [1.82, 2.24) is 0 Å². The molecule has 0 atom stereocenters. The van der Waals surface area contributed by atoms with E-state index in [0.717, 1.165) is 0 Å². The first-order valence-electron chi connectivity index (χ1n) is 9.97. The van der Waals surface area contributed by atoms with Gasteiger partial charge in [0.05, 0.1) is 24.4 Å². The maximum Gasteiger partial charge on any atom is 0.262 e. The Balaban J connectivity index is 1.62. The second kappa shape index (κ2) is 9.79. The van der Waals surface area contributed by atoms with Gasteiger partial charge in [-0.25, -0.2) is 0 Å². The standard InChI is InChI=1S/C25H20BrNO6/c1-30-19-12-11-15(13-17(19)26)24(29)25-23(16-7-3-4-8-18(16)33-25)27-22(28)14-32-21-10-6-5-9-20(21)31-2/h3-13H,14H2,1-2H3,(H,27,28). The van der Waals surface area contributed by atoms with Crippen molar-refractivity contribution in [2.24, 2.45) is 0 Å². The van der Waals surface area contributed by atoms with Gasteiger partial charge in [0.25, 0.3) is 5.91 Å². The molecule has 0 aliphatic carbocycles. The van der Waals surface area contributed by atoms with Crippen molar-refractivity contribution >= 4 is 44.3 Å². The van der Waals surface area contributed by atoms with Crippen molar-refractivity contribution < 1.29 is 28.2 Å². The molecule has 0 aliphatic rings. The van der Waals surface area contributed by atoms with E-state index in [1.807, 2.05) is 0 Å². The first kappa shape index (κ1) is 22.4. The van der Waals surface area contributed by atoms with Crippen LogP contribution in [0.5, 0.6) is 17.2 Å². The van der Waals surface area contributed by atoms with Gasteiger partial charge in [-0.2, -0.15) is 0 Å². The molecule has 0 bridgehead atoms. The molecule has 4 aromatic rings. The third-order valence-corrected chi connectivity index (χ3v) is 5.53. The van der Waals surface area contributed by atoms with Crippen LogP contribution >= 0.6 is 15.9 Å². The summed E-state index contributed by atoms with van der Waals surface area (Å²) in [5.74, 6) is 0.747. The number of carbonyl (C=O) groups excluding carboxylic acids is 2. The summed E-state index contributed by atoms with van der Waals surface area (Å²) in [6.07, 6.45) is 0. The number of amides is 1. The maximum absolute atomic E-state index is 13.3. The van der Waals surface area contributed by atoms with Crippen molar-refractivity contribution in [2.45, 2.75) is 0 Å². The van der Waals surface area contributed by atoms with Crippen LogP contribution in [0.2, 0.25) is 0 Å². The van der Waals surface area contributed by atoms with Crippen LogP contribution in [-0.2, 0) is 4.79 Å². The zero-order valence-electron chi connectivity index (χ0n) is 17.9. The smallest absolute Gasteiger partial charge is 0.262 e. The Morgan fingerprint density at radius 2 is 1.61 bits per heavy atom. The van der Waals surface area contributed by atoms with E-state index in [4.69, 9.17) is 18.6 Å². The number of fused-ring (bicyclic) bond motifs is 1. The van der Waals surface area contributed by atoms with Crippen LogP contribution in [0.1, 0.15) is 16.1 Å². The van der Waals surface area contributed by atoms with Crippen LogP contribution in [0, 0.1) is 0 Å². The predicted molar refractivity (Wildman–Crippen MR) is 127 cm³/mol. The van der Waals surface area contributed by atoms with Gasteiger partial charge >= 0.3 is 0 Å². The summed E-state index contributed by atoms with van der Waals surface area (Å²) in [7, 11) is 3.07. The number of anilines is 1. The van der Waals surface area contributed by atoms with E-state index in [2.05, 4.69) is 21.2 Å². The number of hydrogen-bond donors (Lipinski definition) is 1. The molecule has 168 valence electrons. The summed E-state index contributed by atoms with van der Waals surface area (Å²) in [6, 6.07) is 19.1. The van der Waals surface area contributed by atoms with Gasteiger partial charge in [-0.15, -0.1) is 0 Å². The monoisotopic (exact) mass is 509 g/mol. The topological polar surface area (TPSA) is 87.0 Å². The van der Waals surface area contributed by atoms with Crippen molar-refractivity contribution in [3.05, 3.63) is 82.5 Å². The highest BCUT2D eigenvalue weighted by Gasteiger charge is 2.24. The van der Waals surface area contributed by atoms with Crippen molar-refractivity contribution in [1.29, 1.82) is 0 Å². The zero-order valence-corrected chi connectivity index (χ0v) is 19.5. The van der Waals surface area contributed by atoms with Crippen LogP contribution in [0.3, 0.4) is 0 Å². The van der Waals surface area contributed by atoms with E-state index in [-0.39, 0.29) is 23.8 Å². The van der Waals surface area contributed by atoms with Crippen LogP contribution in [-0.4, -0.2) is 32.5 Å². The Kier molecular flexibility index (Phi) is 6.65. The van der Waals surface area contributed by atoms with Crippen LogP contribution in [0.4, 0.5) is 5.69 Å². The minimum Gasteiger partial charge on any atom is -0.496 e. The Bertz CT molecular complexity index is 1330. The Morgan fingerprint density at radius 3 is 2.33 bits per heavy atom. The van der Waals surface area contributed by atoms with Crippen molar-refractivity contribution in [3.8, 4) is 17.2 Å². The van der Waals surface area contributed by atoms with Gasteiger partial charge < -0.3 is 23.9 Å². The molecular weight excluding hydrogens is 490 g/mol. The van der Waals surface area contributed by atoms with Gasteiger partial charge in [0.15, 0.2) is 23.9 Å². The quantitative estimate of drug-likeness (QED) is 0.317. The van der Waals surface area contributed by atoms with E-state index in [9.17, 15) is 9.59 Å². The molecule has 0 spiro atoms. The van der Waals surface area contributed by atoms with Gasteiger partial charge in [-0.05, 0) is 58.4 Å². The fraction of sp³-hybridized carbons (Fsp3) is 0.120. The van der Waals surface area contributed by atoms with Crippen LogP contribution < -0.4 is 19.5 Å². The minimum atomic E-state index is -0.447. The molecule has 1 N–H and O–H groups in total. The van der Waals surface area contributed by atoms with E-state index in [1.165, 1.54) is 7.11 Å². The molecule has 0 saturated heterocycles. The third kappa shape index (κ3) is 4.70. The maximum atomic E-state index is 13.3. The zero-order chi connectivity index (χ0) is 23.4. The van der Waals surface area contributed by atoms with Crippen molar-refractivity contribution in [2.75, 3.05) is 26.1 Å². The summed E-state index contributed by atoms with van der Waals surface area (Å²) in [5, 5.41) is 3.38. The Hall–Kier alpha value is -3.78. The normalized spacial score (nSPS) is 10.6. The molecule has 4 rings (SSSR count). The van der Waals surface area contributed by atoms with E-state index >= 15 is 0 Å². The van der Waals surface area contributed by atoms with Gasteiger partial charge in [0.2, 0.25) is 5.78 Å². The van der Waals surface area contributed by atoms with E-state index < -0.39 is 5.91 Å². The summed E-state index contributed by atoms with van der Waals surface area (Å²) in [6.45, 7) is -0.276. The third-order valence-electron chi connectivity index (χ3n) is 4.91. The number of ketones is 1. The molecule has 1 amide bonds. The lowest BCUT2D eigenvalue weighted by Gasteiger charge is -2.11. The molecule has 7 nitrogen and oxygen atoms in total. The summed E-state index contributed by atoms with van der Waals surface area (Å²) >= 11 is 3.39. The predicted octanol–water partition coefficient (Wildman–Crippen LogP) is 5.46. The summed E-state index contributed by atoms with van der Waals surface area (Å²) < 4.78 is 22.5. The molecule has 0 radical (unpaired) electrons. The molecule has 1 aromatic heterocycles. The highest BCUT2D eigenvalue weighted by molar-refractivity contribution is 9.10. The largest absolute Gasteiger partial charge is 0.496 e. The lowest BCUT2D eigenvalue weighted by Crippen LogP contribution is -2.21. The molecule has 0 unspecified atom stereocenters. The number of carbonyl (C=O) groups is 2. The lowest BCUT2D eigenvalue weighted by atomic mass is 10.1. The molecule has 33 heavy (non-hydrogen) atoms. The van der Waals surface area contributed by atoms with Gasteiger partial charge in [-0.3, -0.25) is 9.59 Å². The van der Waals surface area contributed by atoms with Gasteiger partial charge in [0.1, 0.15) is 11.3 Å². The molecule has 8 heteroatoms. The van der Waals surface area contributed by atoms with Gasteiger partial charge in [-0.1, -0.05) is 24.3 Å². The fourth-order valence-electron chi connectivity index (χ4n) is 3.33. The van der Waals surface area contributed by atoms with Crippen LogP contribution in [0.15, 0.2) is 75.6 Å². The van der Waals surface area contributed by atoms with E-state index in [1.54, 1.807) is 73.8 Å². The molecule has 0 aliphatic heterocycles. The fourth-order valence-corrected chi connectivity index (χ4v) is 3.87. The highest BCUT2D eigenvalue weighted by Crippen LogP contribution is 2.34. The Labute approximate surface area is 198 Å².